The van der Waals surface area contributed by atoms with Gasteiger partial charge in [0.2, 0.25) is 0 Å². The maximum Gasteiger partial charge on any atom is 0.291 e. The number of amides is 2. The van der Waals surface area contributed by atoms with Crippen molar-refractivity contribution in [3.63, 3.8) is 0 Å². The zero-order chi connectivity index (χ0) is 27.2. The number of hydrogen-bond donors (Lipinski definition) is 2. The average molecular weight is 522 g/mol. The molecule has 0 spiro atoms. The number of carbonyl (C=O) groups excluding carboxylic acids is 2. The fraction of sp³-hybridized carbons (Fsp3) is 0.167. The Morgan fingerprint density at radius 3 is 2.23 bits per heavy atom. The second kappa shape index (κ2) is 11.6. The molecule has 1 heterocycles. The summed E-state index contributed by atoms with van der Waals surface area (Å²) in [5, 5.41) is 15.7. The SMILES string of the molecule is COc1ccc(C(=O)N/N=C2\CCCc3oc(C(=O)Nc4ccc(N=Nc5ccccc5)cc4)c(C)c32)cc1. The normalized spacial score (nSPS) is 13.7. The molecule has 0 aliphatic heterocycles. The lowest BCUT2D eigenvalue weighted by Crippen LogP contribution is -2.22. The summed E-state index contributed by atoms with van der Waals surface area (Å²) >= 11 is 0. The second-order valence-corrected chi connectivity index (χ2v) is 8.97. The zero-order valence-electron chi connectivity index (χ0n) is 21.6. The van der Waals surface area contributed by atoms with E-state index in [1.54, 1.807) is 55.6 Å². The van der Waals surface area contributed by atoms with Crippen LogP contribution in [0, 0.1) is 6.92 Å². The van der Waals surface area contributed by atoms with E-state index in [1.807, 2.05) is 37.3 Å². The maximum absolute atomic E-state index is 13.1. The zero-order valence-corrected chi connectivity index (χ0v) is 21.6. The molecule has 1 aliphatic carbocycles. The van der Waals surface area contributed by atoms with Crippen molar-refractivity contribution in [2.75, 3.05) is 12.4 Å². The second-order valence-electron chi connectivity index (χ2n) is 8.97. The fourth-order valence-corrected chi connectivity index (χ4v) is 4.33. The Kier molecular flexibility index (Phi) is 7.58. The Balaban J connectivity index is 1.27. The number of methoxy groups -OCH3 is 1. The van der Waals surface area contributed by atoms with Crippen molar-refractivity contribution >= 4 is 34.6 Å². The van der Waals surface area contributed by atoms with Crippen LogP contribution in [-0.4, -0.2) is 24.6 Å². The summed E-state index contributed by atoms with van der Waals surface area (Å²) in [5.74, 6) is 0.895. The van der Waals surface area contributed by atoms with E-state index in [0.717, 1.165) is 17.7 Å². The van der Waals surface area contributed by atoms with Gasteiger partial charge >= 0.3 is 0 Å². The molecule has 5 rings (SSSR count). The monoisotopic (exact) mass is 521 g/mol. The summed E-state index contributed by atoms with van der Waals surface area (Å²) in [6.07, 6.45) is 2.16. The van der Waals surface area contributed by atoms with Gasteiger partial charge in [0, 0.05) is 28.8 Å². The van der Waals surface area contributed by atoms with E-state index in [9.17, 15) is 9.59 Å². The molecule has 3 aromatic carbocycles. The van der Waals surface area contributed by atoms with E-state index in [0.29, 0.717) is 52.6 Å². The third-order valence-electron chi connectivity index (χ3n) is 6.34. The van der Waals surface area contributed by atoms with Crippen LogP contribution >= 0.6 is 0 Å². The molecule has 0 unspecified atom stereocenters. The van der Waals surface area contributed by atoms with Gasteiger partial charge in [-0.1, -0.05) is 18.2 Å². The molecule has 39 heavy (non-hydrogen) atoms. The first-order chi connectivity index (χ1) is 19.0. The van der Waals surface area contributed by atoms with Gasteiger partial charge in [-0.25, -0.2) is 5.43 Å². The average Bonchev–Trinajstić information content (AvgIpc) is 3.33. The summed E-state index contributed by atoms with van der Waals surface area (Å²) in [5.41, 5.74) is 7.27. The lowest BCUT2D eigenvalue weighted by Gasteiger charge is -2.13. The van der Waals surface area contributed by atoms with E-state index in [4.69, 9.17) is 9.15 Å². The first-order valence-corrected chi connectivity index (χ1v) is 12.5. The summed E-state index contributed by atoms with van der Waals surface area (Å²) in [4.78, 5) is 25.7. The van der Waals surface area contributed by atoms with Crippen LogP contribution in [0.1, 0.15) is 50.6 Å². The topological polar surface area (TPSA) is 118 Å². The number of carbonyl (C=O) groups is 2. The molecule has 0 radical (unpaired) electrons. The fourth-order valence-electron chi connectivity index (χ4n) is 4.33. The van der Waals surface area contributed by atoms with Crippen LogP contribution in [0.4, 0.5) is 17.1 Å². The first kappa shape index (κ1) is 25.6. The highest BCUT2D eigenvalue weighted by Gasteiger charge is 2.28. The number of nitrogens with zero attached hydrogens (tertiary/aromatic N) is 3. The number of anilines is 1. The number of hydrazone groups is 1. The number of benzene rings is 3. The van der Waals surface area contributed by atoms with Crippen LogP contribution in [0.15, 0.2) is 98.6 Å². The molecular formula is C30H27N5O4. The molecule has 0 saturated carbocycles. The largest absolute Gasteiger partial charge is 0.497 e. The number of rotatable bonds is 7. The van der Waals surface area contributed by atoms with Gasteiger partial charge in [-0.3, -0.25) is 9.59 Å². The third kappa shape index (κ3) is 5.93. The molecule has 2 amide bonds. The molecule has 1 aromatic heterocycles. The van der Waals surface area contributed by atoms with Gasteiger partial charge in [0.25, 0.3) is 11.8 Å². The minimum Gasteiger partial charge on any atom is -0.497 e. The number of hydrogen-bond acceptors (Lipinski definition) is 7. The van der Waals surface area contributed by atoms with Gasteiger partial charge < -0.3 is 14.5 Å². The molecule has 9 heteroatoms. The predicted octanol–water partition coefficient (Wildman–Crippen LogP) is 6.73. The smallest absolute Gasteiger partial charge is 0.291 e. The molecule has 0 fully saturated rings. The van der Waals surface area contributed by atoms with Crippen LogP contribution in [0.3, 0.4) is 0 Å². The quantitative estimate of drug-likeness (QED) is 0.207. The van der Waals surface area contributed by atoms with Gasteiger partial charge in [-0.15, -0.1) is 0 Å². The lowest BCUT2D eigenvalue weighted by molar-refractivity contribution is 0.0953. The molecular weight excluding hydrogens is 494 g/mol. The van der Waals surface area contributed by atoms with E-state index >= 15 is 0 Å². The number of azo groups is 1. The van der Waals surface area contributed by atoms with Crippen molar-refractivity contribution in [1.29, 1.82) is 0 Å². The Hall–Kier alpha value is -5.05. The molecule has 9 nitrogen and oxygen atoms in total. The lowest BCUT2D eigenvalue weighted by atomic mass is 9.93. The molecule has 2 N–H and O–H groups in total. The van der Waals surface area contributed by atoms with Crippen molar-refractivity contribution in [1.82, 2.24) is 5.43 Å². The highest BCUT2D eigenvalue weighted by Crippen LogP contribution is 2.30. The van der Waals surface area contributed by atoms with Gasteiger partial charge in [0.1, 0.15) is 11.5 Å². The highest BCUT2D eigenvalue weighted by molar-refractivity contribution is 6.09. The molecule has 196 valence electrons. The predicted molar refractivity (Wildman–Crippen MR) is 148 cm³/mol. The summed E-state index contributed by atoms with van der Waals surface area (Å²) < 4.78 is 11.1. The summed E-state index contributed by atoms with van der Waals surface area (Å²) in [6, 6.07) is 23.3. The standard InChI is InChI=1S/C30H27N5O4/c1-19-27-25(34-35-29(36)20-11-17-24(38-2)18-12-20)9-6-10-26(27)39-28(19)30(37)31-21-13-15-23(16-14-21)33-32-22-7-4-3-5-8-22/h3-5,7-8,11-18H,6,9-10H2,1-2H3,(H,31,37)(H,35,36)/b33-32?,34-25+. The molecule has 0 bridgehead atoms. The minimum absolute atomic E-state index is 0.226. The Labute approximate surface area is 225 Å². The van der Waals surface area contributed by atoms with Gasteiger partial charge in [-0.2, -0.15) is 15.3 Å². The van der Waals surface area contributed by atoms with E-state index in [-0.39, 0.29) is 17.6 Å². The Morgan fingerprint density at radius 2 is 1.54 bits per heavy atom. The number of ether oxygens (including phenoxy) is 1. The van der Waals surface area contributed by atoms with Crippen molar-refractivity contribution in [2.24, 2.45) is 15.3 Å². The van der Waals surface area contributed by atoms with E-state index in [2.05, 4.69) is 26.1 Å². The molecule has 1 aliphatic rings. The van der Waals surface area contributed by atoms with Crippen molar-refractivity contribution in [3.05, 3.63) is 107 Å². The van der Waals surface area contributed by atoms with Crippen LogP contribution in [-0.2, 0) is 6.42 Å². The molecule has 4 aromatic rings. The van der Waals surface area contributed by atoms with Crippen LogP contribution in [0.25, 0.3) is 0 Å². The van der Waals surface area contributed by atoms with Crippen molar-refractivity contribution < 1.29 is 18.7 Å². The molecule has 0 saturated heterocycles. The van der Waals surface area contributed by atoms with Gasteiger partial charge in [0.15, 0.2) is 5.76 Å². The van der Waals surface area contributed by atoms with Crippen molar-refractivity contribution in [3.8, 4) is 5.75 Å². The van der Waals surface area contributed by atoms with E-state index in [1.165, 1.54) is 0 Å². The maximum atomic E-state index is 13.1. The number of fused-ring (bicyclic) bond motifs is 1. The number of furan rings is 1. The number of nitrogens with one attached hydrogen (secondary N) is 2. The van der Waals surface area contributed by atoms with Gasteiger partial charge in [-0.05, 0) is 80.4 Å². The minimum atomic E-state index is -0.359. The number of aryl methyl sites for hydroxylation is 1. The van der Waals surface area contributed by atoms with Crippen LogP contribution in [0.2, 0.25) is 0 Å². The molecule has 0 atom stereocenters. The van der Waals surface area contributed by atoms with E-state index < -0.39 is 0 Å². The summed E-state index contributed by atoms with van der Waals surface area (Å²) in [7, 11) is 1.57. The Morgan fingerprint density at radius 1 is 0.846 bits per heavy atom. The van der Waals surface area contributed by atoms with Crippen LogP contribution < -0.4 is 15.5 Å². The van der Waals surface area contributed by atoms with Crippen molar-refractivity contribution in [2.45, 2.75) is 26.2 Å². The Bertz CT molecular complexity index is 1540. The highest BCUT2D eigenvalue weighted by atomic mass is 16.5. The van der Waals surface area contributed by atoms with Crippen LogP contribution in [0.5, 0.6) is 5.75 Å². The third-order valence-corrected chi connectivity index (χ3v) is 6.34. The first-order valence-electron chi connectivity index (χ1n) is 12.5. The van der Waals surface area contributed by atoms with Gasteiger partial charge in [0.05, 0.1) is 24.2 Å². The summed E-state index contributed by atoms with van der Waals surface area (Å²) in [6.45, 7) is 1.83.